The van der Waals surface area contributed by atoms with Gasteiger partial charge >= 0.3 is 5.97 Å². The number of ether oxygens (including phenoxy) is 2. The van der Waals surface area contributed by atoms with Gasteiger partial charge < -0.3 is 35.0 Å². The van der Waals surface area contributed by atoms with E-state index in [1.54, 1.807) is 6.92 Å². The first-order valence-corrected chi connectivity index (χ1v) is 14.1. The number of fused-ring (bicyclic) bond motifs is 5. The third-order valence-electron chi connectivity index (χ3n) is 11.6. The van der Waals surface area contributed by atoms with Crippen molar-refractivity contribution in [1.82, 2.24) is 0 Å². The predicted octanol–water partition coefficient (Wildman–Crippen LogP) is 1.73. The lowest BCUT2D eigenvalue weighted by molar-refractivity contribution is -0.316. The van der Waals surface area contributed by atoms with Crippen LogP contribution >= 0.6 is 0 Å². The van der Waals surface area contributed by atoms with E-state index >= 15 is 0 Å². The van der Waals surface area contributed by atoms with Crippen molar-refractivity contribution in [2.75, 3.05) is 6.61 Å². The van der Waals surface area contributed by atoms with Crippen molar-refractivity contribution in [2.45, 2.75) is 109 Å². The molecule has 1 saturated heterocycles. The highest BCUT2D eigenvalue weighted by Gasteiger charge is 2.63. The Morgan fingerprint density at radius 3 is 2.41 bits per heavy atom. The van der Waals surface area contributed by atoms with Crippen LogP contribution in [-0.2, 0) is 19.1 Å². The topological polar surface area (TPSA) is 154 Å². The Bertz CT molecular complexity index is 893. The summed E-state index contributed by atoms with van der Waals surface area (Å²) in [5.41, 5.74) is -0.137. The lowest BCUT2D eigenvalue weighted by atomic mass is 9.44. The molecule has 4 aliphatic carbocycles. The number of carbonyl (C=O) groups is 2. The summed E-state index contributed by atoms with van der Waals surface area (Å²) in [7, 11) is 0. The first kappa shape index (κ1) is 27.5. The molecule has 0 aromatic heterocycles. The minimum atomic E-state index is -1.45. The number of hydrogen-bond acceptors (Lipinski definition) is 8. The van der Waals surface area contributed by atoms with Gasteiger partial charge in [0.25, 0.3) is 0 Å². The maximum atomic E-state index is 13.1. The van der Waals surface area contributed by atoms with E-state index in [-0.39, 0.29) is 28.6 Å². The van der Waals surface area contributed by atoms with Crippen LogP contribution in [0.5, 0.6) is 0 Å². The van der Waals surface area contributed by atoms with Crippen molar-refractivity contribution < 1.29 is 44.6 Å². The van der Waals surface area contributed by atoms with Crippen LogP contribution in [0.25, 0.3) is 0 Å². The van der Waals surface area contributed by atoms with Crippen molar-refractivity contribution in [3.05, 3.63) is 0 Å². The highest BCUT2D eigenvalue weighted by Crippen LogP contribution is 2.67. The molecule has 5 fully saturated rings. The lowest BCUT2D eigenvalue weighted by Crippen LogP contribution is -2.60. The van der Waals surface area contributed by atoms with Gasteiger partial charge in [-0.3, -0.25) is 9.59 Å². The highest BCUT2D eigenvalue weighted by molar-refractivity contribution is 5.89. The van der Waals surface area contributed by atoms with Crippen LogP contribution in [0.15, 0.2) is 0 Å². The van der Waals surface area contributed by atoms with E-state index in [0.717, 1.165) is 44.9 Å². The summed E-state index contributed by atoms with van der Waals surface area (Å²) in [5.74, 6) is -0.214. The van der Waals surface area contributed by atoms with Gasteiger partial charge in [-0.2, -0.15) is 0 Å². The second-order valence-corrected chi connectivity index (χ2v) is 13.2. The maximum absolute atomic E-state index is 13.1. The highest BCUT2D eigenvalue weighted by atomic mass is 16.7. The smallest absolute Gasteiger partial charge is 0.306 e. The zero-order chi connectivity index (χ0) is 26.9. The molecule has 0 amide bonds. The van der Waals surface area contributed by atoms with Gasteiger partial charge in [-0.25, -0.2) is 0 Å². The van der Waals surface area contributed by atoms with E-state index in [2.05, 4.69) is 13.8 Å². The Morgan fingerprint density at radius 1 is 1.03 bits per heavy atom. The Kier molecular flexibility index (Phi) is 7.29. The normalized spacial score (nSPS) is 52.6. The number of carbonyl (C=O) groups excluding carboxylic acids is 1. The molecule has 0 bridgehead atoms. The molecular weight excluding hydrogens is 480 g/mol. The fourth-order valence-corrected chi connectivity index (χ4v) is 9.53. The van der Waals surface area contributed by atoms with E-state index in [1.807, 2.05) is 0 Å². The van der Waals surface area contributed by atoms with Crippen molar-refractivity contribution in [1.29, 1.82) is 0 Å². The summed E-state index contributed by atoms with van der Waals surface area (Å²) >= 11 is 0. The number of aliphatic hydroxyl groups excluding tert-OH is 4. The molecule has 9 unspecified atom stereocenters. The van der Waals surface area contributed by atoms with Crippen LogP contribution in [0.3, 0.4) is 0 Å². The second-order valence-electron chi connectivity index (χ2n) is 13.2. The molecule has 210 valence electrons. The van der Waals surface area contributed by atoms with Crippen LogP contribution in [0.1, 0.15) is 72.1 Å². The van der Waals surface area contributed by atoms with Gasteiger partial charge in [-0.05, 0) is 79.4 Å². The quantitative estimate of drug-likeness (QED) is 0.338. The number of carboxylic acids is 1. The number of aliphatic hydroxyl groups is 4. The van der Waals surface area contributed by atoms with Gasteiger partial charge in [0.1, 0.15) is 30.2 Å². The van der Waals surface area contributed by atoms with Crippen molar-refractivity contribution >= 4 is 11.8 Å². The van der Waals surface area contributed by atoms with Crippen LogP contribution in [0.2, 0.25) is 0 Å². The Hall–Kier alpha value is -1.10. The van der Waals surface area contributed by atoms with Crippen molar-refractivity contribution in [3.63, 3.8) is 0 Å². The van der Waals surface area contributed by atoms with Crippen molar-refractivity contribution in [3.8, 4) is 0 Å². The largest absolute Gasteiger partial charge is 0.481 e. The molecule has 0 radical (unpaired) electrons. The molecule has 37 heavy (non-hydrogen) atoms. The first-order chi connectivity index (χ1) is 17.4. The molecule has 5 N–H and O–H groups in total. The Labute approximate surface area is 218 Å². The average molecular weight is 525 g/mol. The van der Waals surface area contributed by atoms with Gasteiger partial charge in [0.2, 0.25) is 0 Å². The van der Waals surface area contributed by atoms with Crippen LogP contribution < -0.4 is 0 Å². The molecule has 1 aliphatic heterocycles. The molecule has 0 aromatic rings. The second kappa shape index (κ2) is 9.82. The van der Waals surface area contributed by atoms with Gasteiger partial charge in [0.15, 0.2) is 6.29 Å². The number of Topliss-reactive ketones (excluding diaryl/α,β-unsaturated/α-hetero) is 1. The number of carboxylic acid groups (broad SMARTS) is 1. The fourth-order valence-electron chi connectivity index (χ4n) is 9.53. The molecule has 9 nitrogen and oxygen atoms in total. The number of hydrogen-bond donors (Lipinski definition) is 5. The Balaban J connectivity index is 1.28. The zero-order valence-corrected chi connectivity index (χ0v) is 22.2. The molecule has 14 atom stereocenters. The summed E-state index contributed by atoms with van der Waals surface area (Å²) < 4.78 is 11.7. The monoisotopic (exact) mass is 524 g/mol. The van der Waals surface area contributed by atoms with Crippen LogP contribution in [-0.4, -0.2) is 80.7 Å². The predicted molar refractivity (Wildman–Crippen MR) is 131 cm³/mol. The molecule has 0 aromatic carbocycles. The molecular formula is C28H44O9. The maximum Gasteiger partial charge on any atom is 0.306 e. The summed E-state index contributed by atoms with van der Waals surface area (Å²) in [6.07, 6.45) is 0.527. The molecule has 5 rings (SSSR count). The molecule has 1 heterocycles. The van der Waals surface area contributed by atoms with E-state index < -0.39 is 55.1 Å². The molecule has 4 saturated carbocycles. The standard InChI is InChI=1S/C28H44O9/c1-13(25(34)35)21-19(30)11-18-16-5-4-14-10-15(6-8-27(14,2)17(16)7-9-28(18,21)3)36-26-24(33)23(32)22(31)20(12-29)37-26/h13-18,20-24,26,29,31-33H,4-12H2,1-3H3,(H,34,35)/t13?,14?,15?,16?,17?,18?,20-,21?,22-,23+,24-,26-,27?,28?/m1/s1. The summed E-state index contributed by atoms with van der Waals surface area (Å²) in [4.78, 5) is 24.9. The molecule has 0 spiro atoms. The van der Waals surface area contributed by atoms with Crippen molar-refractivity contribution in [2.24, 2.45) is 46.3 Å². The zero-order valence-electron chi connectivity index (χ0n) is 22.2. The number of aliphatic carboxylic acids is 1. The van der Waals surface area contributed by atoms with Crippen LogP contribution in [0, 0.1) is 46.3 Å². The van der Waals surface area contributed by atoms with E-state index in [0.29, 0.717) is 24.2 Å². The third kappa shape index (κ3) is 4.28. The van der Waals surface area contributed by atoms with Gasteiger partial charge in [-0.15, -0.1) is 0 Å². The molecule has 5 aliphatic rings. The number of rotatable bonds is 5. The fraction of sp³-hybridized carbons (Fsp3) is 0.929. The first-order valence-electron chi connectivity index (χ1n) is 14.1. The van der Waals surface area contributed by atoms with E-state index in [9.17, 15) is 35.1 Å². The average Bonchev–Trinajstić information content (AvgIpc) is 3.13. The van der Waals surface area contributed by atoms with Gasteiger partial charge in [0, 0.05) is 12.3 Å². The van der Waals surface area contributed by atoms with Gasteiger partial charge in [-0.1, -0.05) is 20.8 Å². The molecule has 9 heteroatoms. The van der Waals surface area contributed by atoms with E-state index in [4.69, 9.17) is 9.47 Å². The SMILES string of the molecule is CC(C(=O)O)C1C(=O)CC2C3CCC4CC(O[C@@H]5O[C@H](CO)[C@@H](O)[C@H](O)[C@H]5O)CCC4(C)C3CCC21C. The van der Waals surface area contributed by atoms with E-state index in [1.165, 1.54) is 0 Å². The summed E-state index contributed by atoms with van der Waals surface area (Å²) in [6.45, 7) is 5.77. The van der Waals surface area contributed by atoms with Gasteiger partial charge in [0.05, 0.1) is 18.6 Å². The number of ketones is 1. The summed E-state index contributed by atoms with van der Waals surface area (Å²) in [5, 5.41) is 49.7. The lowest BCUT2D eigenvalue weighted by Gasteiger charge is -2.61. The minimum absolute atomic E-state index is 0.110. The third-order valence-corrected chi connectivity index (χ3v) is 11.6. The summed E-state index contributed by atoms with van der Waals surface area (Å²) in [6, 6.07) is 0. The van der Waals surface area contributed by atoms with Crippen LogP contribution in [0.4, 0.5) is 0 Å². The minimum Gasteiger partial charge on any atom is -0.481 e. The Morgan fingerprint density at radius 2 is 1.73 bits per heavy atom.